The average Bonchev–Trinajstić information content (AvgIpc) is 2.64. The fourth-order valence-electron chi connectivity index (χ4n) is 3.18. The van der Waals surface area contributed by atoms with E-state index in [1.54, 1.807) is 0 Å². The Morgan fingerprint density at radius 2 is 0.821 bits per heavy atom. The molecule has 1 atom stereocenters. The van der Waals surface area contributed by atoms with Gasteiger partial charge in [-0.3, -0.25) is 4.57 Å². The molecule has 0 radical (unpaired) electrons. The van der Waals surface area contributed by atoms with Crippen molar-refractivity contribution in [3.05, 3.63) is 0 Å². The SMILES string of the molecule is CCCCCCCCCCCCCCCCCCOP(=O)([O-])OCCCC.[K+]. The molecule has 0 bridgehead atoms. The average molecular weight is 445 g/mol. The van der Waals surface area contributed by atoms with E-state index in [2.05, 4.69) is 6.92 Å². The third kappa shape index (κ3) is 25.8. The molecular weight excluding hydrogens is 398 g/mol. The summed E-state index contributed by atoms with van der Waals surface area (Å²) in [6.45, 7) is 4.76. The maximum absolute atomic E-state index is 11.4. The van der Waals surface area contributed by atoms with Gasteiger partial charge in [0, 0.05) is 0 Å². The summed E-state index contributed by atoms with van der Waals surface area (Å²) in [6.07, 6.45) is 22.6. The fraction of sp³-hybridized carbons (Fsp3) is 1.00. The van der Waals surface area contributed by atoms with E-state index in [1.165, 1.54) is 89.9 Å². The zero-order chi connectivity index (χ0) is 20.1. The van der Waals surface area contributed by atoms with Gasteiger partial charge in [-0.15, -0.1) is 0 Å². The van der Waals surface area contributed by atoms with E-state index < -0.39 is 7.82 Å². The largest absolute Gasteiger partial charge is 1.00 e. The summed E-state index contributed by atoms with van der Waals surface area (Å²) in [6, 6.07) is 0. The molecule has 28 heavy (non-hydrogen) atoms. The molecule has 0 saturated carbocycles. The molecule has 0 aromatic carbocycles. The fourth-order valence-corrected chi connectivity index (χ4v) is 3.96. The van der Waals surface area contributed by atoms with Crippen molar-refractivity contribution in [1.82, 2.24) is 0 Å². The van der Waals surface area contributed by atoms with Crippen LogP contribution < -0.4 is 56.3 Å². The molecule has 0 saturated heterocycles. The van der Waals surface area contributed by atoms with E-state index in [1.807, 2.05) is 6.92 Å². The van der Waals surface area contributed by atoms with Gasteiger partial charge in [0.1, 0.15) is 0 Å². The number of hydrogen-bond donors (Lipinski definition) is 0. The normalized spacial score (nSPS) is 13.2. The summed E-state index contributed by atoms with van der Waals surface area (Å²) < 4.78 is 21.1. The molecule has 6 heteroatoms. The van der Waals surface area contributed by atoms with Crippen molar-refractivity contribution < 1.29 is 69.9 Å². The van der Waals surface area contributed by atoms with Crippen LogP contribution >= 0.6 is 7.82 Å². The minimum absolute atomic E-state index is 0. The third-order valence-corrected chi connectivity index (χ3v) is 5.99. The van der Waals surface area contributed by atoms with Crippen molar-refractivity contribution in [1.29, 1.82) is 0 Å². The zero-order valence-corrected chi connectivity index (χ0v) is 23.2. The first kappa shape index (κ1) is 31.9. The van der Waals surface area contributed by atoms with Gasteiger partial charge in [0.05, 0.1) is 13.2 Å². The van der Waals surface area contributed by atoms with Crippen LogP contribution in [-0.2, 0) is 13.6 Å². The van der Waals surface area contributed by atoms with Crippen LogP contribution in [-0.4, -0.2) is 13.2 Å². The Morgan fingerprint density at radius 1 is 0.536 bits per heavy atom. The van der Waals surface area contributed by atoms with Gasteiger partial charge in [-0.1, -0.05) is 117 Å². The number of phosphoric acid groups is 1. The van der Waals surface area contributed by atoms with Crippen molar-refractivity contribution in [2.75, 3.05) is 13.2 Å². The quantitative estimate of drug-likeness (QED) is 0.140. The van der Waals surface area contributed by atoms with Crippen LogP contribution in [0.2, 0.25) is 0 Å². The van der Waals surface area contributed by atoms with Crippen molar-refractivity contribution in [3.63, 3.8) is 0 Å². The summed E-state index contributed by atoms with van der Waals surface area (Å²) in [5.41, 5.74) is 0. The third-order valence-electron chi connectivity index (χ3n) is 4.99. The van der Waals surface area contributed by atoms with Gasteiger partial charge in [-0.25, -0.2) is 0 Å². The van der Waals surface area contributed by atoms with Crippen molar-refractivity contribution >= 4 is 7.82 Å². The van der Waals surface area contributed by atoms with Crippen molar-refractivity contribution in [2.45, 2.75) is 129 Å². The van der Waals surface area contributed by atoms with Gasteiger partial charge >= 0.3 is 51.4 Å². The van der Waals surface area contributed by atoms with Gasteiger partial charge in [-0.2, -0.15) is 0 Å². The molecule has 0 aliphatic carbocycles. The summed E-state index contributed by atoms with van der Waals surface area (Å²) in [5, 5.41) is 0. The van der Waals surface area contributed by atoms with Crippen LogP contribution in [0.3, 0.4) is 0 Å². The smallest absolute Gasteiger partial charge is 0.756 e. The first-order valence-electron chi connectivity index (χ1n) is 11.7. The van der Waals surface area contributed by atoms with Gasteiger partial charge in [0.15, 0.2) is 0 Å². The second-order valence-electron chi connectivity index (χ2n) is 7.77. The summed E-state index contributed by atoms with van der Waals surface area (Å²) >= 11 is 0. The Morgan fingerprint density at radius 3 is 1.18 bits per heavy atom. The molecule has 0 amide bonds. The van der Waals surface area contributed by atoms with Crippen LogP contribution in [0.5, 0.6) is 0 Å². The molecule has 0 rings (SSSR count). The molecule has 0 spiro atoms. The molecule has 1 unspecified atom stereocenters. The molecule has 0 aliphatic rings. The first-order valence-corrected chi connectivity index (χ1v) is 13.2. The van der Waals surface area contributed by atoms with Crippen molar-refractivity contribution in [3.8, 4) is 0 Å². The number of unbranched alkanes of at least 4 members (excludes halogenated alkanes) is 16. The molecule has 0 aliphatic heterocycles. The van der Waals surface area contributed by atoms with Gasteiger partial charge in [-0.05, 0) is 12.8 Å². The van der Waals surface area contributed by atoms with E-state index in [-0.39, 0.29) is 64.6 Å². The van der Waals surface area contributed by atoms with Crippen LogP contribution in [0.4, 0.5) is 0 Å². The Labute approximate surface area is 218 Å². The maximum atomic E-state index is 11.4. The zero-order valence-electron chi connectivity index (χ0n) is 19.2. The summed E-state index contributed by atoms with van der Waals surface area (Å²) in [4.78, 5) is 11.4. The van der Waals surface area contributed by atoms with Crippen LogP contribution in [0.1, 0.15) is 129 Å². The Balaban J connectivity index is 0. The monoisotopic (exact) mass is 444 g/mol. The van der Waals surface area contributed by atoms with Crippen LogP contribution in [0.25, 0.3) is 0 Å². The molecule has 0 heterocycles. The Kier molecular flexibility index (Phi) is 28.5. The summed E-state index contributed by atoms with van der Waals surface area (Å²) in [5.74, 6) is 0. The molecule has 0 N–H and O–H groups in total. The van der Waals surface area contributed by atoms with Gasteiger partial charge < -0.3 is 13.9 Å². The number of rotatable bonds is 22. The number of hydrogen-bond acceptors (Lipinski definition) is 4. The molecule has 164 valence electrons. The first-order chi connectivity index (χ1) is 13.1. The predicted octanol–water partition coefficient (Wildman–Crippen LogP) is 4.55. The topological polar surface area (TPSA) is 58.6 Å². The van der Waals surface area contributed by atoms with Gasteiger partial charge in [0.2, 0.25) is 0 Å². The van der Waals surface area contributed by atoms with E-state index in [0.29, 0.717) is 0 Å². The molecule has 0 aromatic heterocycles. The van der Waals surface area contributed by atoms with Gasteiger partial charge in [0.25, 0.3) is 7.82 Å². The second-order valence-corrected chi connectivity index (χ2v) is 9.18. The molecule has 0 aromatic rings. The minimum Gasteiger partial charge on any atom is -0.756 e. The Bertz CT molecular complexity index is 342. The van der Waals surface area contributed by atoms with E-state index in [4.69, 9.17) is 9.05 Å². The standard InChI is InChI=1S/C22H47O4P.K/c1-3-5-7-8-9-10-11-12-13-14-15-16-17-18-19-20-22-26-27(23,24)25-21-6-4-2;/h3-22H2,1-2H3,(H,23,24);/q;+1/p-1. The predicted molar refractivity (Wildman–Crippen MR) is 114 cm³/mol. The van der Waals surface area contributed by atoms with Crippen molar-refractivity contribution in [2.24, 2.45) is 0 Å². The van der Waals surface area contributed by atoms with E-state index in [0.717, 1.165) is 25.7 Å². The molecule has 4 nitrogen and oxygen atoms in total. The maximum Gasteiger partial charge on any atom is 1.00 e. The molecular formula is C22H46KO4P. The summed E-state index contributed by atoms with van der Waals surface area (Å²) in [7, 11) is -4.06. The Hall–Kier alpha value is 1.75. The van der Waals surface area contributed by atoms with E-state index >= 15 is 0 Å². The van der Waals surface area contributed by atoms with Crippen LogP contribution in [0, 0.1) is 0 Å². The number of phosphoric ester groups is 1. The van der Waals surface area contributed by atoms with Crippen LogP contribution in [0.15, 0.2) is 0 Å². The second kappa shape index (κ2) is 25.0. The van der Waals surface area contributed by atoms with E-state index in [9.17, 15) is 9.46 Å². The minimum atomic E-state index is -4.06. The molecule has 0 fully saturated rings.